The highest BCUT2D eigenvalue weighted by atomic mass is 16.5. The first kappa shape index (κ1) is 34.0. The van der Waals surface area contributed by atoms with Crippen molar-refractivity contribution < 1.29 is 24.2 Å². The lowest BCUT2D eigenvalue weighted by atomic mass is 9.72. The van der Waals surface area contributed by atoms with Crippen molar-refractivity contribution in [3.05, 3.63) is 94.5 Å². The molecule has 3 aromatic carbocycles. The van der Waals surface area contributed by atoms with Crippen molar-refractivity contribution in [3.63, 3.8) is 0 Å². The van der Waals surface area contributed by atoms with Crippen LogP contribution in [0, 0.1) is 25.2 Å². The average molecular weight is 615 g/mol. The molecule has 0 aromatic heterocycles. The lowest BCUT2D eigenvalue weighted by Gasteiger charge is -2.35. The number of carboxylic acids is 1. The summed E-state index contributed by atoms with van der Waals surface area (Å²) in [4.78, 5) is 29.2. The SMILES string of the molecule is COc1ccc(C(C)(C)C)cc1CN[C@H]1[C@H](C(C)(C)C)[C@@H](C(=O)O)N(C(=O)C(C)Oc2cc(C)cc(C)c2)[C@H]1c1ccccc1. The van der Waals surface area contributed by atoms with E-state index in [1.807, 2.05) is 68.4 Å². The quantitative estimate of drug-likeness (QED) is 0.264. The van der Waals surface area contributed by atoms with Gasteiger partial charge in [-0.15, -0.1) is 0 Å². The summed E-state index contributed by atoms with van der Waals surface area (Å²) >= 11 is 0. The molecule has 1 aliphatic heterocycles. The molecule has 1 unspecified atom stereocenters. The molecule has 45 heavy (non-hydrogen) atoms. The van der Waals surface area contributed by atoms with Gasteiger partial charge in [0.05, 0.1) is 13.2 Å². The summed E-state index contributed by atoms with van der Waals surface area (Å²) in [6.07, 6.45) is -0.901. The molecule has 5 atom stereocenters. The second-order valence-corrected chi connectivity index (χ2v) is 14.5. The maximum atomic E-state index is 14.5. The number of methoxy groups -OCH3 is 1. The van der Waals surface area contributed by atoms with Crippen molar-refractivity contribution in [2.45, 2.75) is 98.5 Å². The van der Waals surface area contributed by atoms with E-state index in [0.717, 1.165) is 28.0 Å². The number of ether oxygens (including phenoxy) is 2. The van der Waals surface area contributed by atoms with Gasteiger partial charge in [-0.25, -0.2) is 4.79 Å². The minimum atomic E-state index is -1.08. The van der Waals surface area contributed by atoms with E-state index in [0.29, 0.717) is 12.3 Å². The van der Waals surface area contributed by atoms with E-state index in [4.69, 9.17) is 9.47 Å². The molecule has 1 saturated heterocycles. The molecule has 3 aromatic rings. The van der Waals surface area contributed by atoms with E-state index in [9.17, 15) is 14.7 Å². The van der Waals surface area contributed by atoms with Crippen molar-refractivity contribution in [2.24, 2.45) is 11.3 Å². The first-order valence-corrected chi connectivity index (χ1v) is 15.8. The summed E-state index contributed by atoms with van der Waals surface area (Å²) in [6.45, 7) is 18.8. The fourth-order valence-corrected chi connectivity index (χ4v) is 6.80. The molecule has 1 amide bonds. The molecule has 1 aliphatic rings. The Morgan fingerprint density at radius 3 is 2.09 bits per heavy atom. The van der Waals surface area contributed by atoms with Gasteiger partial charge in [0.1, 0.15) is 17.5 Å². The van der Waals surface area contributed by atoms with Crippen LogP contribution >= 0.6 is 0 Å². The van der Waals surface area contributed by atoms with Crippen molar-refractivity contribution >= 4 is 11.9 Å². The molecule has 2 N–H and O–H groups in total. The lowest BCUT2D eigenvalue weighted by Crippen LogP contribution is -2.50. The van der Waals surface area contributed by atoms with Crippen LogP contribution in [0.4, 0.5) is 0 Å². The molecule has 0 saturated carbocycles. The maximum Gasteiger partial charge on any atom is 0.326 e. The van der Waals surface area contributed by atoms with E-state index in [2.05, 4.69) is 59.0 Å². The maximum absolute atomic E-state index is 14.5. The van der Waals surface area contributed by atoms with Gasteiger partial charge in [-0.05, 0) is 72.1 Å². The molecule has 0 aliphatic carbocycles. The number of nitrogens with one attached hydrogen (secondary N) is 1. The third-order valence-electron chi connectivity index (χ3n) is 8.85. The van der Waals surface area contributed by atoms with Crippen molar-refractivity contribution in [1.82, 2.24) is 10.2 Å². The number of carbonyl (C=O) groups is 2. The summed E-state index contributed by atoms with van der Waals surface area (Å²) in [6, 6.07) is 19.8. The van der Waals surface area contributed by atoms with Crippen LogP contribution in [0.15, 0.2) is 66.7 Å². The Hall–Kier alpha value is -3.84. The molecule has 7 nitrogen and oxygen atoms in total. The fourth-order valence-electron chi connectivity index (χ4n) is 6.80. The largest absolute Gasteiger partial charge is 0.496 e. The van der Waals surface area contributed by atoms with Gasteiger partial charge >= 0.3 is 5.97 Å². The molecular weight excluding hydrogens is 564 g/mol. The summed E-state index contributed by atoms with van der Waals surface area (Å²) in [5.41, 5.74) is 4.56. The zero-order chi connectivity index (χ0) is 33.3. The van der Waals surface area contributed by atoms with Crippen LogP contribution in [0.3, 0.4) is 0 Å². The Kier molecular flexibility index (Phi) is 10.0. The minimum absolute atomic E-state index is 0.0571. The first-order valence-electron chi connectivity index (χ1n) is 15.8. The molecule has 1 fully saturated rings. The average Bonchev–Trinajstić information content (AvgIpc) is 3.31. The molecule has 4 rings (SSSR count). The van der Waals surface area contributed by atoms with E-state index in [-0.39, 0.29) is 17.4 Å². The van der Waals surface area contributed by atoms with Gasteiger partial charge in [-0.2, -0.15) is 0 Å². The van der Waals surface area contributed by atoms with Gasteiger partial charge in [0.25, 0.3) is 5.91 Å². The number of carboxylic acid groups (broad SMARTS) is 1. The summed E-state index contributed by atoms with van der Waals surface area (Å²) in [7, 11) is 1.66. The molecule has 0 bridgehead atoms. The van der Waals surface area contributed by atoms with E-state index in [1.54, 1.807) is 18.9 Å². The van der Waals surface area contributed by atoms with Gasteiger partial charge in [0.2, 0.25) is 0 Å². The van der Waals surface area contributed by atoms with Gasteiger partial charge in [-0.1, -0.05) is 90.1 Å². The minimum Gasteiger partial charge on any atom is -0.496 e. The summed E-state index contributed by atoms with van der Waals surface area (Å²) in [5.74, 6) is -0.464. The van der Waals surface area contributed by atoms with Crippen LogP contribution in [0.25, 0.3) is 0 Å². The summed E-state index contributed by atoms with van der Waals surface area (Å²) < 4.78 is 11.9. The summed E-state index contributed by atoms with van der Waals surface area (Å²) in [5, 5.41) is 14.6. The number of hydrogen-bond acceptors (Lipinski definition) is 5. The smallest absolute Gasteiger partial charge is 0.326 e. The highest BCUT2D eigenvalue weighted by Crippen LogP contribution is 2.48. The van der Waals surface area contributed by atoms with Gasteiger partial charge in [0.15, 0.2) is 6.10 Å². The highest BCUT2D eigenvalue weighted by molar-refractivity contribution is 5.88. The molecule has 0 spiro atoms. The molecule has 7 heteroatoms. The number of hydrogen-bond donors (Lipinski definition) is 2. The molecule has 1 heterocycles. The Balaban J connectivity index is 1.80. The predicted molar refractivity (Wildman–Crippen MR) is 179 cm³/mol. The number of carbonyl (C=O) groups excluding carboxylic acids is 1. The number of aryl methyl sites for hydroxylation is 2. The lowest BCUT2D eigenvalue weighted by molar-refractivity contribution is -0.155. The molecular formula is C38H50N2O5. The monoisotopic (exact) mass is 614 g/mol. The van der Waals surface area contributed by atoms with Crippen molar-refractivity contribution in [3.8, 4) is 11.5 Å². The Labute approximate surface area is 268 Å². The fraction of sp³-hybridized carbons (Fsp3) is 0.474. The van der Waals surface area contributed by atoms with Crippen LogP contribution in [-0.2, 0) is 21.5 Å². The normalized spacial score (nSPS) is 21.0. The van der Waals surface area contributed by atoms with Crippen molar-refractivity contribution in [2.75, 3.05) is 7.11 Å². The zero-order valence-electron chi connectivity index (χ0n) is 28.5. The second-order valence-electron chi connectivity index (χ2n) is 14.5. The first-order chi connectivity index (χ1) is 21.0. The third-order valence-corrected chi connectivity index (χ3v) is 8.85. The number of rotatable bonds is 9. The van der Waals surface area contributed by atoms with Crippen LogP contribution in [-0.4, -0.2) is 47.2 Å². The topological polar surface area (TPSA) is 88.1 Å². The molecule has 0 radical (unpaired) electrons. The number of likely N-dealkylation sites (tertiary alicyclic amines) is 1. The Bertz CT molecular complexity index is 1480. The second kappa shape index (κ2) is 13.3. The van der Waals surface area contributed by atoms with Crippen molar-refractivity contribution in [1.29, 1.82) is 0 Å². The highest BCUT2D eigenvalue weighted by Gasteiger charge is 2.58. The number of nitrogens with zero attached hydrogens (tertiary/aromatic N) is 1. The third kappa shape index (κ3) is 7.52. The van der Waals surface area contributed by atoms with E-state index in [1.165, 1.54) is 5.56 Å². The number of amides is 1. The van der Waals surface area contributed by atoms with Crippen LogP contribution in [0.5, 0.6) is 11.5 Å². The predicted octanol–water partition coefficient (Wildman–Crippen LogP) is 7.23. The van der Waals surface area contributed by atoms with Gasteiger partial charge < -0.3 is 24.8 Å². The van der Waals surface area contributed by atoms with Crippen LogP contribution < -0.4 is 14.8 Å². The standard InChI is InChI=1S/C38H50N2O5/c1-23-18-24(2)20-29(19-23)45-25(3)35(41)40-33(26-14-12-11-13-15-26)32(31(38(7,8)9)34(40)36(42)43)39-22-27-21-28(37(4,5)6)16-17-30(27)44-10/h11-21,25,31-34,39H,22H2,1-10H3,(H,42,43)/t25?,31-,32-,33-,34-/m0/s1. The van der Waals surface area contributed by atoms with Gasteiger partial charge in [-0.3, -0.25) is 4.79 Å². The van der Waals surface area contributed by atoms with E-state index < -0.39 is 35.5 Å². The van der Waals surface area contributed by atoms with Crippen LogP contribution in [0.2, 0.25) is 0 Å². The Morgan fingerprint density at radius 2 is 1.56 bits per heavy atom. The zero-order valence-corrected chi connectivity index (χ0v) is 28.5. The Morgan fingerprint density at radius 1 is 0.933 bits per heavy atom. The van der Waals surface area contributed by atoms with Crippen LogP contribution in [0.1, 0.15) is 82.3 Å². The number of aliphatic carboxylic acids is 1. The molecule has 242 valence electrons. The van der Waals surface area contributed by atoms with Gasteiger partial charge in [0, 0.05) is 24.1 Å². The van der Waals surface area contributed by atoms with E-state index >= 15 is 0 Å². The number of benzene rings is 3.